The minimum absolute atomic E-state index is 0.370. The number of nitro groups is 1. The molecule has 1 rings (SSSR count). The Morgan fingerprint density at radius 1 is 1.62 bits per heavy atom. The van der Waals surface area contributed by atoms with Gasteiger partial charge in [-0.1, -0.05) is 29.8 Å². The van der Waals surface area contributed by atoms with Gasteiger partial charge in [-0.3, -0.25) is 10.1 Å². The van der Waals surface area contributed by atoms with E-state index in [0.29, 0.717) is 0 Å². The van der Waals surface area contributed by atoms with Crippen molar-refractivity contribution in [3.05, 3.63) is 50.7 Å². The summed E-state index contributed by atoms with van der Waals surface area (Å²) in [6, 6.07) is 7.33. The zero-order valence-corrected chi connectivity index (χ0v) is 7.78. The highest BCUT2D eigenvalue weighted by Crippen LogP contribution is 2.11. The van der Waals surface area contributed by atoms with Crippen LogP contribution < -0.4 is 0 Å². The van der Waals surface area contributed by atoms with Crippen LogP contribution >= 0.6 is 11.6 Å². The first-order valence-corrected chi connectivity index (χ1v) is 4.05. The lowest BCUT2D eigenvalue weighted by atomic mass is 10.1. The van der Waals surface area contributed by atoms with Crippen LogP contribution in [0.3, 0.4) is 0 Å². The van der Waals surface area contributed by atoms with E-state index in [1.54, 1.807) is 6.07 Å². The van der Waals surface area contributed by atoms with Gasteiger partial charge in [0.1, 0.15) is 0 Å². The molecule has 0 heterocycles. The van der Waals surface area contributed by atoms with Crippen molar-refractivity contribution in [2.75, 3.05) is 0 Å². The van der Waals surface area contributed by atoms with E-state index in [2.05, 4.69) is 0 Å². The molecule has 0 spiro atoms. The van der Waals surface area contributed by atoms with Crippen LogP contribution in [-0.2, 0) is 0 Å². The molecular weight excluding hydrogens is 190 g/mol. The SMILES string of the molecule is Cc1cccc(/C=C(\Cl)[N+](=O)[O-])c1. The topological polar surface area (TPSA) is 43.1 Å². The van der Waals surface area contributed by atoms with Crippen LogP contribution in [0.1, 0.15) is 11.1 Å². The van der Waals surface area contributed by atoms with Crippen LogP contribution in [0.4, 0.5) is 0 Å². The van der Waals surface area contributed by atoms with Gasteiger partial charge in [0.05, 0.1) is 4.92 Å². The molecule has 0 radical (unpaired) electrons. The first-order valence-electron chi connectivity index (χ1n) is 3.68. The second-order valence-corrected chi connectivity index (χ2v) is 3.03. The van der Waals surface area contributed by atoms with Gasteiger partial charge in [0.25, 0.3) is 0 Å². The molecule has 0 aromatic heterocycles. The molecule has 0 fully saturated rings. The normalized spacial score (nSPS) is 11.4. The van der Waals surface area contributed by atoms with E-state index in [4.69, 9.17) is 11.6 Å². The third kappa shape index (κ3) is 2.87. The molecule has 0 aliphatic heterocycles. The lowest BCUT2D eigenvalue weighted by molar-refractivity contribution is -0.410. The number of aryl methyl sites for hydroxylation is 1. The molecule has 13 heavy (non-hydrogen) atoms. The number of halogens is 1. The highest BCUT2D eigenvalue weighted by molar-refractivity contribution is 6.29. The van der Waals surface area contributed by atoms with Crippen molar-refractivity contribution in [2.24, 2.45) is 0 Å². The highest BCUT2D eigenvalue weighted by atomic mass is 35.5. The van der Waals surface area contributed by atoms with Gasteiger partial charge in [-0.25, -0.2) is 0 Å². The fourth-order valence-corrected chi connectivity index (χ4v) is 1.08. The van der Waals surface area contributed by atoms with Gasteiger partial charge in [-0.2, -0.15) is 0 Å². The highest BCUT2D eigenvalue weighted by Gasteiger charge is 2.04. The molecule has 0 saturated heterocycles. The predicted octanol–water partition coefficient (Wildman–Crippen LogP) is 2.81. The molecule has 0 amide bonds. The second kappa shape index (κ2) is 4.05. The van der Waals surface area contributed by atoms with Gasteiger partial charge in [-0.15, -0.1) is 0 Å². The van der Waals surface area contributed by atoms with Crippen molar-refractivity contribution in [3.8, 4) is 0 Å². The van der Waals surface area contributed by atoms with E-state index in [-0.39, 0.29) is 5.16 Å². The van der Waals surface area contributed by atoms with Crippen molar-refractivity contribution in [2.45, 2.75) is 6.92 Å². The Balaban J connectivity index is 2.97. The number of rotatable bonds is 2. The quantitative estimate of drug-likeness (QED) is 0.416. The molecule has 0 aliphatic carbocycles. The van der Waals surface area contributed by atoms with Crippen molar-refractivity contribution in [3.63, 3.8) is 0 Å². The molecule has 68 valence electrons. The Morgan fingerprint density at radius 3 is 2.85 bits per heavy atom. The number of benzene rings is 1. The number of hydrogen-bond donors (Lipinski definition) is 0. The summed E-state index contributed by atoms with van der Waals surface area (Å²) in [7, 11) is 0. The Kier molecular flexibility index (Phi) is 3.03. The molecule has 0 N–H and O–H groups in total. The van der Waals surface area contributed by atoms with Crippen LogP contribution in [0.5, 0.6) is 0 Å². The summed E-state index contributed by atoms with van der Waals surface area (Å²) in [6.45, 7) is 1.91. The fraction of sp³-hybridized carbons (Fsp3) is 0.111. The smallest absolute Gasteiger partial charge is 0.257 e. The standard InChI is InChI=1S/C9H8ClNO2/c1-7-3-2-4-8(5-7)6-9(10)11(12)13/h2-6H,1H3/b9-6+. The van der Waals surface area contributed by atoms with Gasteiger partial charge >= 0.3 is 5.16 Å². The van der Waals surface area contributed by atoms with E-state index < -0.39 is 4.92 Å². The van der Waals surface area contributed by atoms with Crippen LogP contribution in [0.2, 0.25) is 0 Å². The molecule has 0 aliphatic rings. The Hall–Kier alpha value is -1.35. The van der Waals surface area contributed by atoms with E-state index in [1.165, 1.54) is 6.08 Å². The lowest BCUT2D eigenvalue weighted by Crippen LogP contribution is -1.90. The summed E-state index contributed by atoms with van der Waals surface area (Å²) in [6.07, 6.45) is 1.33. The molecular formula is C9H8ClNO2. The third-order valence-corrected chi connectivity index (χ3v) is 1.75. The summed E-state index contributed by atoms with van der Waals surface area (Å²) in [5.74, 6) is 0. The third-order valence-electron chi connectivity index (χ3n) is 1.50. The zero-order valence-electron chi connectivity index (χ0n) is 7.03. The van der Waals surface area contributed by atoms with Crippen LogP contribution in [0.15, 0.2) is 29.4 Å². The molecule has 0 saturated carbocycles. The molecule has 4 heteroatoms. The molecule has 0 atom stereocenters. The van der Waals surface area contributed by atoms with E-state index in [9.17, 15) is 10.1 Å². The average Bonchev–Trinajstić information content (AvgIpc) is 2.04. The van der Waals surface area contributed by atoms with Gasteiger partial charge in [0, 0.05) is 6.08 Å². The zero-order chi connectivity index (χ0) is 9.84. The molecule has 0 bridgehead atoms. The monoisotopic (exact) mass is 197 g/mol. The molecule has 0 unspecified atom stereocenters. The summed E-state index contributed by atoms with van der Waals surface area (Å²) in [5, 5.41) is 9.82. The van der Waals surface area contributed by atoms with E-state index in [1.807, 2.05) is 25.1 Å². The average molecular weight is 198 g/mol. The Morgan fingerprint density at radius 2 is 2.31 bits per heavy atom. The maximum absolute atomic E-state index is 10.2. The van der Waals surface area contributed by atoms with Crippen molar-refractivity contribution in [1.29, 1.82) is 0 Å². The van der Waals surface area contributed by atoms with Gasteiger partial charge in [-0.05, 0) is 24.1 Å². The predicted molar refractivity (Wildman–Crippen MR) is 52.0 cm³/mol. The van der Waals surface area contributed by atoms with Crippen LogP contribution in [-0.4, -0.2) is 4.92 Å². The maximum Gasteiger partial charge on any atom is 0.337 e. The summed E-state index contributed by atoms with van der Waals surface area (Å²) in [5.41, 5.74) is 1.78. The van der Waals surface area contributed by atoms with Gasteiger partial charge in [0.15, 0.2) is 0 Å². The number of hydrogen-bond acceptors (Lipinski definition) is 2. The van der Waals surface area contributed by atoms with Crippen molar-refractivity contribution < 1.29 is 4.92 Å². The minimum Gasteiger partial charge on any atom is -0.257 e. The minimum atomic E-state index is -0.621. The van der Waals surface area contributed by atoms with Gasteiger partial charge < -0.3 is 0 Å². The molecule has 1 aromatic rings. The van der Waals surface area contributed by atoms with Crippen LogP contribution in [0, 0.1) is 17.0 Å². The van der Waals surface area contributed by atoms with Crippen LogP contribution in [0.25, 0.3) is 6.08 Å². The fourth-order valence-electron chi connectivity index (χ4n) is 0.950. The van der Waals surface area contributed by atoms with E-state index in [0.717, 1.165) is 11.1 Å². The molecule has 1 aromatic carbocycles. The first kappa shape index (κ1) is 9.74. The van der Waals surface area contributed by atoms with E-state index >= 15 is 0 Å². The Bertz CT molecular complexity index is 360. The summed E-state index contributed by atoms with van der Waals surface area (Å²) >= 11 is 5.36. The largest absolute Gasteiger partial charge is 0.337 e. The summed E-state index contributed by atoms with van der Waals surface area (Å²) < 4.78 is 0. The summed E-state index contributed by atoms with van der Waals surface area (Å²) in [4.78, 5) is 9.57. The van der Waals surface area contributed by atoms with Gasteiger partial charge in [0.2, 0.25) is 0 Å². The lowest BCUT2D eigenvalue weighted by Gasteiger charge is -1.94. The Labute approximate surface area is 80.8 Å². The van der Waals surface area contributed by atoms with Crippen molar-refractivity contribution in [1.82, 2.24) is 0 Å². The second-order valence-electron chi connectivity index (χ2n) is 2.64. The number of nitrogens with zero attached hydrogens (tertiary/aromatic N) is 1. The maximum atomic E-state index is 10.2. The first-order chi connectivity index (χ1) is 6.09. The van der Waals surface area contributed by atoms with Crippen molar-refractivity contribution >= 4 is 17.7 Å². The molecule has 3 nitrogen and oxygen atoms in total.